The van der Waals surface area contributed by atoms with E-state index in [4.69, 9.17) is 37.0 Å². The molecule has 0 aromatic rings. The Labute approximate surface area is 391 Å². The monoisotopic (exact) mass is 1180 g/mol. The molecule has 0 amide bonds. The molecule has 0 saturated heterocycles. The zero-order valence-corrected chi connectivity index (χ0v) is 41.8. The van der Waals surface area contributed by atoms with Crippen molar-refractivity contribution < 1.29 is 68.4 Å². The fraction of sp³-hybridized carbons (Fsp3) is 0.400. The van der Waals surface area contributed by atoms with Crippen LogP contribution < -0.4 is 0 Å². The molecule has 0 fully saturated rings. The molecule has 0 aromatic heterocycles. The van der Waals surface area contributed by atoms with Crippen LogP contribution in [0.4, 0.5) is 0 Å². The normalized spacial score (nSPS) is 20.0. The van der Waals surface area contributed by atoms with Crippen LogP contribution in [0.15, 0.2) is 148 Å². The number of hydrogen-bond donors (Lipinski definition) is 4. The number of halogens is 2. The van der Waals surface area contributed by atoms with Gasteiger partial charge in [-0.25, -0.2) is 0 Å². The van der Waals surface area contributed by atoms with Gasteiger partial charge in [0.2, 0.25) is 0 Å². The predicted molar refractivity (Wildman–Crippen MR) is 252 cm³/mol. The summed E-state index contributed by atoms with van der Waals surface area (Å²) in [6.45, 7) is 17.1. The molecular formula is C40H60Cl2N4O12PtS4. The van der Waals surface area contributed by atoms with Crippen molar-refractivity contribution in [2.24, 2.45) is 0 Å². The third kappa shape index (κ3) is 32.3. The summed E-state index contributed by atoms with van der Waals surface area (Å²) >= 11 is -0.472. The second kappa shape index (κ2) is 32.6. The van der Waals surface area contributed by atoms with Gasteiger partial charge >= 0.3 is 35.3 Å². The van der Waals surface area contributed by atoms with Crippen molar-refractivity contribution in [3.05, 3.63) is 148 Å². The minimum absolute atomic E-state index is 0.108. The molecule has 23 heteroatoms. The van der Waals surface area contributed by atoms with Crippen molar-refractivity contribution in [2.75, 3.05) is 49.2 Å². The van der Waals surface area contributed by atoms with Crippen LogP contribution in [0, 0.1) is 0 Å². The Morgan fingerprint density at radius 3 is 0.730 bits per heavy atom. The summed E-state index contributed by atoms with van der Waals surface area (Å²) in [6.07, 6.45) is 39.4. The van der Waals surface area contributed by atoms with Gasteiger partial charge in [0.05, 0.1) is 47.2 Å². The second-order valence-corrected chi connectivity index (χ2v) is 22.9. The summed E-state index contributed by atoms with van der Waals surface area (Å²) in [5.41, 5.74) is 0. The summed E-state index contributed by atoms with van der Waals surface area (Å²) < 4.78 is 118. The Balaban J connectivity index is 0.000000796. The molecule has 4 heterocycles. The van der Waals surface area contributed by atoms with E-state index in [0.29, 0.717) is 51.9 Å². The Morgan fingerprint density at radius 2 is 0.587 bits per heavy atom. The molecule has 63 heavy (non-hydrogen) atoms. The molecule has 4 rings (SSSR count). The van der Waals surface area contributed by atoms with Gasteiger partial charge in [-0.1, -0.05) is 72.9 Å². The average Bonchev–Trinajstić information content (AvgIpc) is 3.21. The third-order valence-corrected chi connectivity index (χ3v) is 11.8. The first kappa shape index (κ1) is 60.0. The van der Waals surface area contributed by atoms with E-state index in [9.17, 15) is 33.7 Å². The first-order valence-corrected chi connectivity index (χ1v) is 31.2. The maximum absolute atomic E-state index is 10.5. The van der Waals surface area contributed by atoms with Crippen molar-refractivity contribution in [3.63, 3.8) is 0 Å². The molecule has 360 valence electrons. The van der Waals surface area contributed by atoms with E-state index in [2.05, 4.69) is 26.3 Å². The summed E-state index contributed by atoms with van der Waals surface area (Å²) in [6, 6.07) is 0.431. The molecule has 4 aliphatic heterocycles. The van der Waals surface area contributed by atoms with Crippen molar-refractivity contribution in [1.29, 1.82) is 0 Å². The summed E-state index contributed by atoms with van der Waals surface area (Å²) in [7, 11) is -5.62. The van der Waals surface area contributed by atoms with Gasteiger partial charge in [-0.2, -0.15) is 33.7 Å². The Morgan fingerprint density at radius 1 is 0.413 bits per heavy atom. The van der Waals surface area contributed by atoms with E-state index in [0.717, 1.165) is 0 Å². The van der Waals surface area contributed by atoms with Gasteiger partial charge in [0.15, 0.2) is 0 Å². The summed E-state index contributed by atoms with van der Waals surface area (Å²) in [5.74, 6) is -0.814. The SMILES string of the molecule is C=CC1C=CC=CN1CCCS(=O)(=O)O.C=CC1C=CC=CN1CCCS(=O)(=O)O.C=CC1C=CC=CN1CCCS(=O)(=O)O.C=CC1C=CC=CN1CCCS(=O)(=O)O.[Cl][Pt][Cl]. The number of nitrogens with zero attached hydrogens (tertiary/aromatic N) is 4. The van der Waals surface area contributed by atoms with E-state index >= 15 is 0 Å². The molecule has 16 nitrogen and oxygen atoms in total. The number of rotatable bonds is 20. The molecule has 4 aliphatic rings. The topological polar surface area (TPSA) is 230 Å². The molecule has 0 bridgehead atoms. The van der Waals surface area contributed by atoms with Gasteiger partial charge in [-0.3, -0.25) is 18.2 Å². The molecule has 4 N–H and O–H groups in total. The van der Waals surface area contributed by atoms with Crippen LogP contribution in [0.1, 0.15) is 25.7 Å². The van der Waals surface area contributed by atoms with Crippen molar-refractivity contribution in [2.45, 2.75) is 49.9 Å². The molecule has 4 atom stereocenters. The molecule has 0 aromatic carbocycles. The Hall–Kier alpha value is -3.01. The Kier molecular flexibility index (Phi) is 31.1. The first-order chi connectivity index (χ1) is 29.5. The zero-order valence-electron chi connectivity index (χ0n) is 34.7. The van der Waals surface area contributed by atoms with E-state index < -0.39 is 57.0 Å². The molecular weight excluding hydrogens is 1120 g/mol. The van der Waals surface area contributed by atoms with E-state index in [1.54, 1.807) is 24.3 Å². The van der Waals surface area contributed by atoms with Crippen LogP contribution in [0.3, 0.4) is 0 Å². The quantitative estimate of drug-likeness (QED) is 0.0786. The first-order valence-electron chi connectivity index (χ1n) is 19.1. The molecule has 4 unspecified atom stereocenters. The zero-order chi connectivity index (χ0) is 48.0. The Bertz CT molecular complexity index is 1810. The van der Waals surface area contributed by atoms with Gasteiger partial charge in [0, 0.05) is 26.2 Å². The van der Waals surface area contributed by atoms with Crippen molar-refractivity contribution >= 4 is 59.3 Å². The van der Waals surface area contributed by atoms with Crippen molar-refractivity contribution in [3.8, 4) is 0 Å². The maximum atomic E-state index is 10.5. The second-order valence-electron chi connectivity index (χ2n) is 13.4. The van der Waals surface area contributed by atoms with Crippen molar-refractivity contribution in [1.82, 2.24) is 19.6 Å². The third-order valence-electron chi connectivity index (χ3n) is 8.56. The summed E-state index contributed by atoms with van der Waals surface area (Å²) in [4.78, 5) is 7.88. The van der Waals surface area contributed by atoms with E-state index in [1.807, 2.05) is 117 Å². The molecule has 0 spiro atoms. The standard InChI is InChI=1S/4C10H15NO3S.2ClH.Pt/c4*1-2-10-6-3-4-7-11(10)8-5-9-15(12,13)14;;;/h4*2-4,6-7,10H,1,5,8-9H2,(H,12,13,14);2*1H;/q;;;;;;+2/p-2. The van der Waals surface area contributed by atoms with Gasteiger partial charge in [-0.05, 0) is 74.8 Å². The van der Waals surface area contributed by atoms with Crippen LogP contribution in [0.2, 0.25) is 0 Å². The number of hydrogen-bond acceptors (Lipinski definition) is 12. The van der Waals surface area contributed by atoms with Crippen LogP contribution in [-0.2, 0) is 57.0 Å². The van der Waals surface area contributed by atoms with E-state index in [1.165, 1.54) is 0 Å². The average molecular weight is 1180 g/mol. The summed E-state index contributed by atoms with van der Waals surface area (Å²) in [5, 5.41) is 0. The van der Waals surface area contributed by atoms with Crippen LogP contribution in [-0.4, -0.2) is 145 Å². The van der Waals surface area contributed by atoms with Gasteiger partial charge in [0.1, 0.15) is 0 Å². The van der Waals surface area contributed by atoms with E-state index in [-0.39, 0.29) is 47.2 Å². The van der Waals surface area contributed by atoms with Gasteiger partial charge in [-0.15, -0.1) is 26.3 Å². The fourth-order valence-electron chi connectivity index (χ4n) is 5.66. The number of allylic oxidation sites excluding steroid dienone is 8. The fourth-order valence-corrected chi connectivity index (χ4v) is 7.64. The van der Waals surface area contributed by atoms with Crippen LogP contribution >= 0.6 is 18.8 Å². The van der Waals surface area contributed by atoms with Crippen LogP contribution in [0.25, 0.3) is 0 Å². The predicted octanol–water partition coefficient (Wildman–Crippen LogP) is 6.19. The molecule has 0 radical (unpaired) electrons. The van der Waals surface area contributed by atoms with Gasteiger partial charge in [0.25, 0.3) is 40.5 Å². The molecule has 0 aliphatic carbocycles. The minimum atomic E-state index is -3.84. The molecule has 0 saturated carbocycles. The van der Waals surface area contributed by atoms with Gasteiger partial charge < -0.3 is 19.6 Å². The van der Waals surface area contributed by atoms with Crippen LogP contribution in [0.5, 0.6) is 0 Å².